The molecule has 0 radical (unpaired) electrons. The van der Waals surface area contributed by atoms with Crippen LogP contribution in [0.3, 0.4) is 0 Å². The zero-order valence-electron chi connectivity index (χ0n) is 15.3. The summed E-state index contributed by atoms with van der Waals surface area (Å²) in [6.07, 6.45) is 0. The first kappa shape index (κ1) is 20.7. The van der Waals surface area contributed by atoms with Crippen LogP contribution >= 0.6 is 23.4 Å². The first-order chi connectivity index (χ1) is 13.3. The van der Waals surface area contributed by atoms with E-state index in [0.29, 0.717) is 10.7 Å². The normalized spacial score (nSPS) is 12.6. The fourth-order valence-electron chi connectivity index (χ4n) is 2.60. The minimum absolute atomic E-state index is 0.124. The number of rotatable bonds is 7. The van der Waals surface area contributed by atoms with Crippen LogP contribution in [0.25, 0.3) is 0 Å². The average Bonchev–Trinajstić information content (AvgIpc) is 2.68. The van der Waals surface area contributed by atoms with Gasteiger partial charge in [-0.3, -0.25) is 0 Å². The van der Waals surface area contributed by atoms with Crippen LogP contribution in [0.2, 0.25) is 5.02 Å². The highest BCUT2D eigenvalue weighted by molar-refractivity contribution is 7.99. The Morgan fingerprint density at radius 1 is 0.964 bits per heavy atom. The van der Waals surface area contributed by atoms with Crippen molar-refractivity contribution in [3.8, 4) is 0 Å². The third-order valence-electron chi connectivity index (χ3n) is 4.19. The maximum atomic E-state index is 12.7. The molecule has 28 heavy (non-hydrogen) atoms. The molecule has 1 atom stereocenters. The van der Waals surface area contributed by atoms with Crippen molar-refractivity contribution in [1.82, 2.24) is 4.72 Å². The van der Waals surface area contributed by atoms with Crippen LogP contribution in [0.5, 0.6) is 0 Å². The SMILES string of the molecule is Cc1ccc(S(=O)(=O)NCC(Sc2ccc(N)cc2)c2ccc(Cl)cc2)cc1. The zero-order chi connectivity index (χ0) is 20.1. The van der Waals surface area contributed by atoms with Crippen molar-refractivity contribution in [2.24, 2.45) is 0 Å². The van der Waals surface area contributed by atoms with E-state index in [-0.39, 0.29) is 16.7 Å². The van der Waals surface area contributed by atoms with Crippen LogP contribution in [-0.4, -0.2) is 15.0 Å². The molecule has 0 saturated carbocycles. The fraction of sp³-hybridized carbons (Fsp3) is 0.143. The summed E-state index contributed by atoms with van der Waals surface area (Å²) in [4.78, 5) is 1.26. The molecule has 0 heterocycles. The van der Waals surface area contributed by atoms with Crippen LogP contribution in [0.4, 0.5) is 5.69 Å². The van der Waals surface area contributed by atoms with Gasteiger partial charge in [0.2, 0.25) is 10.0 Å². The molecule has 3 aromatic rings. The number of thioether (sulfide) groups is 1. The number of nitrogens with two attached hydrogens (primary N) is 1. The van der Waals surface area contributed by atoms with Gasteiger partial charge >= 0.3 is 0 Å². The summed E-state index contributed by atoms with van der Waals surface area (Å²) in [7, 11) is -3.60. The predicted octanol–water partition coefficient (Wildman–Crippen LogP) is 5.04. The lowest BCUT2D eigenvalue weighted by atomic mass is 10.1. The number of benzene rings is 3. The summed E-state index contributed by atoms with van der Waals surface area (Å²) >= 11 is 7.57. The van der Waals surface area contributed by atoms with Gasteiger partial charge in [-0.1, -0.05) is 41.4 Å². The third kappa shape index (κ3) is 5.52. The number of anilines is 1. The summed E-state index contributed by atoms with van der Waals surface area (Å²) in [5, 5.41) is 0.515. The molecule has 146 valence electrons. The maximum absolute atomic E-state index is 12.7. The van der Waals surface area contributed by atoms with Crippen molar-refractivity contribution in [2.75, 3.05) is 12.3 Å². The summed E-state index contributed by atoms with van der Waals surface area (Å²) in [5.41, 5.74) is 8.44. The van der Waals surface area contributed by atoms with Crippen molar-refractivity contribution < 1.29 is 8.42 Å². The Labute approximate surface area is 175 Å². The summed E-state index contributed by atoms with van der Waals surface area (Å²) < 4.78 is 28.1. The van der Waals surface area contributed by atoms with Gasteiger partial charge in [-0.25, -0.2) is 13.1 Å². The van der Waals surface area contributed by atoms with Crippen molar-refractivity contribution in [3.05, 3.63) is 88.9 Å². The highest BCUT2D eigenvalue weighted by Crippen LogP contribution is 2.35. The number of hydrogen-bond donors (Lipinski definition) is 2. The second-order valence-electron chi connectivity index (χ2n) is 6.39. The average molecular weight is 433 g/mol. The number of sulfonamides is 1. The first-order valence-corrected chi connectivity index (χ1v) is 11.4. The summed E-state index contributed by atoms with van der Waals surface area (Å²) in [6.45, 7) is 2.16. The Hall–Kier alpha value is -1.99. The van der Waals surface area contributed by atoms with Crippen LogP contribution in [0.1, 0.15) is 16.4 Å². The summed E-state index contributed by atoms with van der Waals surface area (Å²) in [5.74, 6) is 0. The standard InChI is InChI=1S/C21H21ClN2O2S2/c1-15-2-12-20(13-3-15)28(25,26)24-14-21(16-4-6-17(22)7-5-16)27-19-10-8-18(23)9-11-19/h2-13,21,24H,14,23H2,1H3. The van der Waals surface area contributed by atoms with Crippen LogP contribution in [-0.2, 0) is 10.0 Å². The molecule has 1 unspecified atom stereocenters. The number of hydrogen-bond acceptors (Lipinski definition) is 4. The molecular formula is C21H21ClN2O2S2. The lowest BCUT2D eigenvalue weighted by molar-refractivity contribution is 0.581. The highest BCUT2D eigenvalue weighted by Gasteiger charge is 2.19. The van der Waals surface area contributed by atoms with Gasteiger partial charge in [-0.05, 0) is 61.0 Å². The number of nitrogen functional groups attached to an aromatic ring is 1. The van der Waals surface area contributed by atoms with Gasteiger partial charge in [0.15, 0.2) is 0 Å². The molecule has 0 aliphatic heterocycles. The lowest BCUT2D eigenvalue weighted by Crippen LogP contribution is -2.27. The van der Waals surface area contributed by atoms with Gasteiger partial charge in [-0.15, -0.1) is 11.8 Å². The van der Waals surface area contributed by atoms with Crippen LogP contribution in [0.15, 0.2) is 82.6 Å². The molecule has 0 saturated heterocycles. The highest BCUT2D eigenvalue weighted by atomic mass is 35.5. The zero-order valence-corrected chi connectivity index (χ0v) is 17.7. The Morgan fingerprint density at radius 2 is 1.57 bits per heavy atom. The van der Waals surface area contributed by atoms with Gasteiger partial charge in [-0.2, -0.15) is 0 Å². The molecule has 0 amide bonds. The van der Waals surface area contributed by atoms with Gasteiger partial charge < -0.3 is 5.73 Å². The van der Waals surface area contributed by atoms with E-state index in [1.165, 1.54) is 0 Å². The molecule has 0 bridgehead atoms. The van der Waals surface area contributed by atoms with Crippen LogP contribution in [0, 0.1) is 6.92 Å². The van der Waals surface area contributed by atoms with E-state index in [4.69, 9.17) is 17.3 Å². The minimum atomic E-state index is -3.60. The maximum Gasteiger partial charge on any atom is 0.240 e. The Bertz CT molecular complexity index is 1020. The Kier molecular flexibility index (Phi) is 6.67. The molecule has 0 spiro atoms. The quantitative estimate of drug-likeness (QED) is 0.405. The molecule has 0 aliphatic carbocycles. The van der Waals surface area contributed by atoms with E-state index in [1.54, 1.807) is 36.0 Å². The second kappa shape index (κ2) is 9.01. The van der Waals surface area contributed by atoms with Crippen LogP contribution < -0.4 is 10.5 Å². The van der Waals surface area contributed by atoms with E-state index >= 15 is 0 Å². The van der Waals surface area contributed by atoms with Gasteiger partial charge in [0.1, 0.15) is 0 Å². The molecule has 3 N–H and O–H groups in total. The predicted molar refractivity (Wildman–Crippen MR) is 117 cm³/mol. The van der Waals surface area contributed by atoms with E-state index in [1.807, 2.05) is 55.5 Å². The van der Waals surface area contributed by atoms with E-state index < -0.39 is 10.0 Å². The topological polar surface area (TPSA) is 72.2 Å². The van der Waals surface area contributed by atoms with Gasteiger partial charge in [0, 0.05) is 27.4 Å². The molecule has 0 aliphatic rings. The third-order valence-corrected chi connectivity index (χ3v) is 7.15. The summed E-state index contributed by atoms with van der Waals surface area (Å²) in [6, 6.07) is 21.8. The molecule has 4 nitrogen and oxygen atoms in total. The van der Waals surface area contributed by atoms with Crippen molar-refractivity contribution in [3.63, 3.8) is 0 Å². The number of halogens is 1. The molecule has 7 heteroatoms. The van der Waals surface area contributed by atoms with E-state index in [2.05, 4.69) is 4.72 Å². The smallest absolute Gasteiger partial charge is 0.240 e. The molecule has 0 aromatic heterocycles. The number of nitrogens with one attached hydrogen (secondary N) is 1. The monoisotopic (exact) mass is 432 g/mol. The first-order valence-electron chi connectivity index (χ1n) is 8.67. The fourth-order valence-corrected chi connectivity index (χ4v) is 4.96. The number of aryl methyl sites for hydroxylation is 1. The van der Waals surface area contributed by atoms with Crippen molar-refractivity contribution in [2.45, 2.75) is 22.0 Å². The van der Waals surface area contributed by atoms with E-state index in [9.17, 15) is 8.42 Å². The molecular weight excluding hydrogens is 412 g/mol. The van der Waals surface area contributed by atoms with E-state index in [0.717, 1.165) is 16.0 Å². The second-order valence-corrected chi connectivity index (χ2v) is 9.87. The molecule has 3 rings (SSSR count). The lowest BCUT2D eigenvalue weighted by Gasteiger charge is -2.18. The van der Waals surface area contributed by atoms with Gasteiger partial charge in [0.05, 0.1) is 4.90 Å². The van der Waals surface area contributed by atoms with Gasteiger partial charge in [0.25, 0.3) is 0 Å². The van der Waals surface area contributed by atoms with Crippen molar-refractivity contribution >= 4 is 39.1 Å². The Balaban J connectivity index is 1.81. The molecule has 3 aromatic carbocycles. The van der Waals surface area contributed by atoms with Crippen molar-refractivity contribution in [1.29, 1.82) is 0 Å². The Morgan fingerprint density at radius 3 is 2.18 bits per heavy atom. The minimum Gasteiger partial charge on any atom is -0.399 e. The largest absolute Gasteiger partial charge is 0.399 e. The molecule has 0 fully saturated rings.